The van der Waals surface area contributed by atoms with Crippen LogP contribution in [-0.4, -0.2) is 40.7 Å². The van der Waals surface area contributed by atoms with Gasteiger partial charge in [-0.15, -0.1) is 0 Å². The van der Waals surface area contributed by atoms with Crippen LogP contribution in [0.4, 0.5) is 5.82 Å². The van der Waals surface area contributed by atoms with Gasteiger partial charge in [0.15, 0.2) is 5.82 Å². The molecule has 1 aliphatic heterocycles. The molecule has 6 nitrogen and oxygen atoms in total. The van der Waals surface area contributed by atoms with Crippen molar-refractivity contribution in [3.05, 3.63) is 47.7 Å². The summed E-state index contributed by atoms with van der Waals surface area (Å²) in [5.74, 6) is 1.37. The van der Waals surface area contributed by atoms with Crippen LogP contribution in [-0.2, 0) is 4.79 Å². The first-order valence-corrected chi connectivity index (χ1v) is 8.80. The molecule has 134 valence electrons. The van der Waals surface area contributed by atoms with E-state index in [1.54, 1.807) is 13.0 Å². The number of likely N-dealkylation sites (tertiary alicyclic amines) is 1. The van der Waals surface area contributed by atoms with E-state index >= 15 is 0 Å². The summed E-state index contributed by atoms with van der Waals surface area (Å²) in [5, 5.41) is 17.0. The van der Waals surface area contributed by atoms with Gasteiger partial charge in [0.25, 0.3) is 0 Å². The van der Waals surface area contributed by atoms with Gasteiger partial charge in [0.1, 0.15) is 5.76 Å². The molecule has 0 saturated carbocycles. The number of aryl methyl sites for hydroxylation is 1. The third kappa shape index (κ3) is 4.90. The van der Waals surface area contributed by atoms with Crippen LogP contribution >= 0.6 is 0 Å². The number of carbonyl (C=O) groups excluding carboxylic acids is 1. The number of anilines is 1. The molecule has 0 bridgehead atoms. The van der Waals surface area contributed by atoms with E-state index in [1.165, 1.54) is 0 Å². The Balaban J connectivity index is 1.40. The van der Waals surface area contributed by atoms with E-state index in [1.807, 2.05) is 30.3 Å². The molecule has 0 spiro atoms. The van der Waals surface area contributed by atoms with Crippen molar-refractivity contribution in [2.24, 2.45) is 5.92 Å². The predicted molar refractivity (Wildman–Crippen MR) is 95.1 cm³/mol. The number of aromatic nitrogens is 1. The zero-order valence-corrected chi connectivity index (χ0v) is 14.5. The fraction of sp³-hybridized carbons (Fsp3) is 0.474. The number of nitrogens with one attached hydrogen (secondary N) is 1. The molecule has 3 rings (SSSR count). The van der Waals surface area contributed by atoms with E-state index in [-0.39, 0.29) is 11.8 Å². The van der Waals surface area contributed by atoms with Crippen molar-refractivity contribution < 1.29 is 14.4 Å². The Bertz CT molecular complexity index is 678. The van der Waals surface area contributed by atoms with Gasteiger partial charge in [-0.2, -0.15) is 0 Å². The molecule has 1 atom stereocenters. The molecule has 0 radical (unpaired) electrons. The van der Waals surface area contributed by atoms with Crippen molar-refractivity contribution in [2.75, 3.05) is 25.0 Å². The molecule has 1 saturated heterocycles. The lowest BCUT2D eigenvalue weighted by Crippen LogP contribution is -2.37. The highest BCUT2D eigenvalue weighted by atomic mass is 16.5. The Kier molecular flexibility index (Phi) is 5.83. The van der Waals surface area contributed by atoms with Gasteiger partial charge in [-0.05, 0) is 44.3 Å². The average molecular weight is 343 g/mol. The summed E-state index contributed by atoms with van der Waals surface area (Å²) < 4.78 is 4.93. The maximum atomic E-state index is 12.0. The van der Waals surface area contributed by atoms with Crippen molar-refractivity contribution in [1.82, 2.24) is 10.1 Å². The highest BCUT2D eigenvalue weighted by Crippen LogP contribution is 2.30. The number of aliphatic hydroxyl groups is 1. The topological polar surface area (TPSA) is 78.6 Å². The first kappa shape index (κ1) is 17.6. The second kappa shape index (κ2) is 8.27. The van der Waals surface area contributed by atoms with Gasteiger partial charge in [0, 0.05) is 19.0 Å². The Hall–Kier alpha value is -2.18. The summed E-state index contributed by atoms with van der Waals surface area (Å²) in [7, 11) is 0. The molecule has 25 heavy (non-hydrogen) atoms. The van der Waals surface area contributed by atoms with Crippen LogP contribution in [0.5, 0.6) is 0 Å². The molecule has 2 N–H and O–H groups in total. The van der Waals surface area contributed by atoms with Crippen LogP contribution in [0, 0.1) is 12.8 Å². The first-order chi connectivity index (χ1) is 12.1. The number of aliphatic hydroxyl groups excluding tert-OH is 1. The quantitative estimate of drug-likeness (QED) is 0.843. The average Bonchev–Trinajstić information content (AvgIpc) is 3.05. The van der Waals surface area contributed by atoms with Gasteiger partial charge in [0.05, 0.1) is 6.10 Å². The van der Waals surface area contributed by atoms with Crippen molar-refractivity contribution in [2.45, 2.75) is 32.3 Å². The van der Waals surface area contributed by atoms with Crippen molar-refractivity contribution in [3.63, 3.8) is 0 Å². The van der Waals surface area contributed by atoms with Gasteiger partial charge < -0.3 is 19.8 Å². The van der Waals surface area contributed by atoms with Crippen molar-refractivity contribution in [3.8, 4) is 0 Å². The molecule has 1 aliphatic rings. The number of nitrogens with zero attached hydrogens (tertiary/aromatic N) is 2. The molecular weight excluding hydrogens is 318 g/mol. The third-order valence-electron chi connectivity index (χ3n) is 4.77. The van der Waals surface area contributed by atoms with E-state index < -0.39 is 6.10 Å². The van der Waals surface area contributed by atoms with Gasteiger partial charge >= 0.3 is 0 Å². The summed E-state index contributed by atoms with van der Waals surface area (Å²) in [6.45, 7) is 4.32. The normalized spacial score (nSPS) is 17.4. The minimum Gasteiger partial charge on any atom is -0.388 e. The molecule has 0 aliphatic carbocycles. The monoisotopic (exact) mass is 343 g/mol. The fourth-order valence-electron chi connectivity index (χ4n) is 3.30. The molecule has 1 aromatic carbocycles. The summed E-state index contributed by atoms with van der Waals surface area (Å²) in [6.07, 6.45) is 1.92. The SMILES string of the molecule is Cc1cc(NC(=O)CCN2CCC(C(O)c3ccccc3)CC2)no1. The lowest BCUT2D eigenvalue weighted by atomic mass is 9.87. The fourth-order valence-corrected chi connectivity index (χ4v) is 3.30. The zero-order valence-electron chi connectivity index (χ0n) is 14.5. The number of benzene rings is 1. The van der Waals surface area contributed by atoms with Gasteiger partial charge in [0.2, 0.25) is 5.91 Å². The first-order valence-electron chi connectivity index (χ1n) is 8.80. The Labute approximate surface area is 147 Å². The second-order valence-electron chi connectivity index (χ2n) is 6.66. The van der Waals surface area contributed by atoms with Gasteiger partial charge in [-0.3, -0.25) is 4.79 Å². The standard InChI is InChI=1S/C19H25N3O3/c1-14-13-17(21-25-14)20-18(23)9-12-22-10-7-16(8-11-22)19(24)15-5-3-2-4-6-15/h2-6,13,16,19,24H,7-12H2,1H3,(H,20,21,23). The van der Waals surface area contributed by atoms with E-state index in [2.05, 4.69) is 15.4 Å². The van der Waals surface area contributed by atoms with E-state index in [4.69, 9.17) is 4.52 Å². The van der Waals surface area contributed by atoms with Crippen LogP contribution in [0.25, 0.3) is 0 Å². The van der Waals surface area contributed by atoms with E-state index in [0.717, 1.165) is 38.0 Å². The van der Waals surface area contributed by atoms with Crippen LogP contribution in [0.3, 0.4) is 0 Å². The Morgan fingerprint density at radius 3 is 2.72 bits per heavy atom. The summed E-state index contributed by atoms with van der Waals surface area (Å²) >= 11 is 0. The molecule has 2 heterocycles. The van der Waals surface area contributed by atoms with E-state index in [0.29, 0.717) is 18.0 Å². The number of hydrogen-bond acceptors (Lipinski definition) is 5. The molecule has 1 fully saturated rings. The smallest absolute Gasteiger partial charge is 0.226 e. The van der Waals surface area contributed by atoms with Gasteiger partial charge in [-0.1, -0.05) is 35.5 Å². The number of carbonyl (C=O) groups is 1. The summed E-state index contributed by atoms with van der Waals surface area (Å²) in [4.78, 5) is 14.2. The number of amides is 1. The minimum absolute atomic E-state index is 0.0558. The van der Waals surface area contributed by atoms with Crippen LogP contribution in [0.15, 0.2) is 40.9 Å². The zero-order chi connectivity index (χ0) is 17.6. The lowest BCUT2D eigenvalue weighted by Gasteiger charge is -2.34. The summed E-state index contributed by atoms with van der Waals surface area (Å²) in [5.41, 5.74) is 0.989. The molecule has 6 heteroatoms. The minimum atomic E-state index is -0.401. The second-order valence-corrected chi connectivity index (χ2v) is 6.66. The lowest BCUT2D eigenvalue weighted by molar-refractivity contribution is -0.116. The maximum Gasteiger partial charge on any atom is 0.226 e. The highest BCUT2D eigenvalue weighted by molar-refractivity contribution is 5.89. The van der Waals surface area contributed by atoms with E-state index in [9.17, 15) is 9.90 Å². The molecule has 2 aromatic rings. The number of piperidine rings is 1. The van der Waals surface area contributed by atoms with Crippen LogP contribution < -0.4 is 5.32 Å². The Morgan fingerprint density at radius 2 is 2.08 bits per heavy atom. The van der Waals surface area contributed by atoms with Crippen molar-refractivity contribution in [1.29, 1.82) is 0 Å². The number of hydrogen-bond donors (Lipinski definition) is 2. The molecule has 1 aromatic heterocycles. The van der Waals surface area contributed by atoms with Crippen LogP contribution in [0.2, 0.25) is 0 Å². The highest BCUT2D eigenvalue weighted by Gasteiger charge is 2.26. The molecule has 1 amide bonds. The number of rotatable bonds is 6. The Morgan fingerprint density at radius 1 is 1.36 bits per heavy atom. The molecular formula is C19H25N3O3. The molecule has 1 unspecified atom stereocenters. The van der Waals surface area contributed by atoms with Crippen molar-refractivity contribution >= 4 is 11.7 Å². The van der Waals surface area contributed by atoms with Gasteiger partial charge in [-0.25, -0.2) is 0 Å². The maximum absolute atomic E-state index is 12.0. The summed E-state index contributed by atoms with van der Waals surface area (Å²) in [6, 6.07) is 11.5. The largest absolute Gasteiger partial charge is 0.388 e. The third-order valence-corrected chi connectivity index (χ3v) is 4.77. The van der Waals surface area contributed by atoms with Crippen LogP contribution in [0.1, 0.15) is 36.7 Å². The predicted octanol–water partition coefficient (Wildman–Crippen LogP) is 2.76.